The van der Waals surface area contributed by atoms with Crippen LogP contribution in [0.4, 0.5) is 5.13 Å². The summed E-state index contributed by atoms with van der Waals surface area (Å²) < 4.78 is 33.5. The minimum Gasteiger partial charge on any atom is -0.487 e. The maximum absolute atomic E-state index is 12.9. The van der Waals surface area contributed by atoms with Crippen LogP contribution in [0.3, 0.4) is 0 Å². The number of carbonyl (C=O) groups is 1. The zero-order valence-corrected chi connectivity index (χ0v) is 19.4. The molecule has 162 valence electrons. The third-order valence-electron chi connectivity index (χ3n) is 5.33. The third kappa shape index (κ3) is 3.98. The molecule has 0 bridgehead atoms. The van der Waals surface area contributed by atoms with Crippen LogP contribution in [-0.2, 0) is 21.4 Å². The first kappa shape index (κ1) is 20.9. The molecule has 3 aromatic rings. The van der Waals surface area contributed by atoms with Crippen molar-refractivity contribution in [1.29, 1.82) is 0 Å². The number of anilines is 1. The van der Waals surface area contributed by atoms with E-state index in [4.69, 9.17) is 16.3 Å². The lowest BCUT2D eigenvalue weighted by molar-refractivity contribution is -0.120. The number of benzene rings is 1. The largest absolute Gasteiger partial charge is 0.487 e. The van der Waals surface area contributed by atoms with E-state index < -0.39 is 15.9 Å². The highest BCUT2D eigenvalue weighted by atomic mass is 35.5. The molecule has 1 saturated heterocycles. The lowest BCUT2D eigenvalue weighted by Gasteiger charge is -2.30. The van der Waals surface area contributed by atoms with Gasteiger partial charge in [0.25, 0.3) is 10.0 Å². The van der Waals surface area contributed by atoms with Crippen molar-refractivity contribution in [3.8, 4) is 17.0 Å². The standard InChI is InChI=1S/C20H18ClN3O4S3/c21-16-7-8-17(30-16)31(26,27)24-9-3-4-12(10-24)19(25)23-20-22-18-13-5-1-2-6-14(13)28-11-15(18)29-20/h1-2,5-8,12H,3-4,9-11H2,(H,22,23,25). The Balaban J connectivity index is 1.31. The van der Waals surface area contributed by atoms with Gasteiger partial charge in [-0.2, -0.15) is 4.31 Å². The molecule has 1 amide bonds. The molecule has 0 spiro atoms. The van der Waals surface area contributed by atoms with E-state index in [1.54, 1.807) is 6.07 Å². The van der Waals surface area contributed by atoms with Crippen LogP contribution in [0.15, 0.2) is 40.6 Å². The van der Waals surface area contributed by atoms with Gasteiger partial charge in [-0.15, -0.1) is 11.3 Å². The molecular formula is C20H18ClN3O4S3. The predicted octanol–water partition coefficient (Wildman–Crippen LogP) is 4.46. The first-order valence-electron chi connectivity index (χ1n) is 9.70. The van der Waals surface area contributed by atoms with Gasteiger partial charge in [0.15, 0.2) is 5.13 Å². The van der Waals surface area contributed by atoms with E-state index in [1.807, 2.05) is 24.3 Å². The summed E-state index contributed by atoms with van der Waals surface area (Å²) in [5, 5.41) is 3.39. The zero-order valence-electron chi connectivity index (χ0n) is 16.2. The van der Waals surface area contributed by atoms with Gasteiger partial charge in [-0.25, -0.2) is 13.4 Å². The average Bonchev–Trinajstić information content (AvgIpc) is 3.40. The van der Waals surface area contributed by atoms with Gasteiger partial charge in [0.2, 0.25) is 5.91 Å². The van der Waals surface area contributed by atoms with E-state index >= 15 is 0 Å². The van der Waals surface area contributed by atoms with Crippen LogP contribution in [0, 0.1) is 5.92 Å². The van der Waals surface area contributed by atoms with E-state index in [0.29, 0.717) is 35.5 Å². The fraction of sp³-hybridized carbons (Fsp3) is 0.300. The lowest BCUT2D eigenvalue weighted by atomic mass is 9.99. The molecule has 1 atom stereocenters. The van der Waals surface area contributed by atoms with Crippen molar-refractivity contribution in [1.82, 2.24) is 9.29 Å². The summed E-state index contributed by atoms with van der Waals surface area (Å²) in [5.74, 6) is 0.118. The Morgan fingerprint density at radius 1 is 1.23 bits per heavy atom. The summed E-state index contributed by atoms with van der Waals surface area (Å²) in [7, 11) is -3.66. The van der Waals surface area contributed by atoms with Crippen molar-refractivity contribution in [3.63, 3.8) is 0 Å². The number of aromatic nitrogens is 1. The van der Waals surface area contributed by atoms with Crippen LogP contribution in [0.25, 0.3) is 11.3 Å². The number of halogens is 1. The molecule has 2 aliphatic rings. The molecule has 1 aromatic carbocycles. The number of piperidine rings is 1. The Kier molecular flexibility index (Phi) is 5.51. The van der Waals surface area contributed by atoms with E-state index in [9.17, 15) is 13.2 Å². The van der Waals surface area contributed by atoms with Crippen molar-refractivity contribution < 1.29 is 17.9 Å². The highest BCUT2D eigenvalue weighted by Crippen LogP contribution is 2.41. The van der Waals surface area contributed by atoms with Gasteiger partial charge in [0.05, 0.1) is 20.8 Å². The molecule has 1 unspecified atom stereocenters. The highest BCUT2D eigenvalue weighted by Gasteiger charge is 2.34. The summed E-state index contributed by atoms with van der Waals surface area (Å²) in [6.45, 7) is 0.945. The number of fused-ring (bicyclic) bond motifs is 3. The minimum atomic E-state index is -3.66. The predicted molar refractivity (Wildman–Crippen MR) is 121 cm³/mol. The smallest absolute Gasteiger partial charge is 0.252 e. The number of carbonyl (C=O) groups excluding carboxylic acids is 1. The Bertz CT molecular complexity index is 1250. The molecule has 0 radical (unpaired) electrons. The fourth-order valence-electron chi connectivity index (χ4n) is 3.79. The molecule has 2 aromatic heterocycles. The van der Waals surface area contributed by atoms with Crippen LogP contribution in [0.1, 0.15) is 17.7 Å². The Hall–Kier alpha value is -1.98. The molecule has 7 nitrogen and oxygen atoms in total. The highest BCUT2D eigenvalue weighted by molar-refractivity contribution is 7.91. The summed E-state index contributed by atoms with van der Waals surface area (Å²) >= 11 is 8.32. The monoisotopic (exact) mass is 495 g/mol. The molecule has 1 N–H and O–H groups in total. The van der Waals surface area contributed by atoms with E-state index in [0.717, 1.165) is 33.2 Å². The number of hydrogen-bond donors (Lipinski definition) is 1. The molecule has 31 heavy (non-hydrogen) atoms. The molecule has 2 aliphatic heterocycles. The van der Waals surface area contributed by atoms with Gasteiger partial charge in [-0.3, -0.25) is 4.79 Å². The molecule has 11 heteroatoms. The maximum atomic E-state index is 12.9. The first-order valence-corrected chi connectivity index (χ1v) is 13.1. The third-order valence-corrected chi connectivity index (χ3v) is 9.83. The second kappa shape index (κ2) is 8.18. The van der Waals surface area contributed by atoms with Gasteiger partial charge in [-0.1, -0.05) is 35.1 Å². The number of rotatable bonds is 4. The molecule has 0 aliphatic carbocycles. The van der Waals surface area contributed by atoms with Gasteiger partial charge in [0, 0.05) is 18.7 Å². The number of hydrogen-bond acceptors (Lipinski definition) is 7. The molecule has 4 heterocycles. The van der Waals surface area contributed by atoms with E-state index in [1.165, 1.54) is 21.7 Å². The fourth-order valence-corrected chi connectivity index (χ4v) is 7.84. The number of sulfonamides is 1. The first-order chi connectivity index (χ1) is 14.9. The van der Waals surface area contributed by atoms with Gasteiger partial charge >= 0.3 is 0 Å². The van der Waals surface area contributed by atoms with Gasteiger partial charge in [-0.05, 0) is 37.1 Å². The Morgan fingerprint density at radius 2 is 2.06 bits per heavy atom. The van der Waals surface area contributed by atoms with Crippen LogP contribution in [-0.4, -0.2) is 36.7 Å². The average molecular weight is 496 g/mol. The summed E-state index contributed by atoms with van der Waals surface area (Å²) in [6.07, 6.45) is 1.24. The number of nitrogens with zero attached hydrogens (tertiary/aromatic N) is 2. The van der Waals surface area contributed by atoms with Crippen molar-refractivity contribution in [2.45, 2.75) is 23.7 Å². The lowest BCUT2D eigenvalue weighted by Crippen LogP contribution is -2.43. The molecule has 0 saturated carbocycles. The molecular weight excluding hydrogens is 478 g/mol. The van der Waals surface area contributed by atoms with Gasteiger partial charge < -0.3 is 10.1 Å². The quantitative estimate of drug-likeness (QED) is 0.577. The van der Waals surface area contributed by atoms with Crippen molar-refractivity contribution in [3.05, 3.63) is 45.6 Å². The van der Waals surface area contributed by atoms with Crippen molar-refractivity contribution in [2.24, 2.45) is 5.92 Å². The minimum absolute atomic E-state index is 0.140. The molecule has 5 rings (SSSR count). The van der Waals surface area contributed by atoms with Gasteiger partial charge in [0.1, 0.15) is 16.6 Å². The SMILES string of the molecule is O=C(Nc1nc2c(s1)COc1ccccc1-2)C1CCCN(S(=O)(=O)c2ccc(Cl)s2)C1. The summed E-state index contributed by atoms with van der Waals surface area (Å²) in [6, 6.07) is 10.7. The van der Waals surface area contributed by atoms with Crippen molar-refractivity contribution >= 4 is 55.3 Å². The van der Waals surface area contributed by atoms with Crippen LogP contribution < -0.4 is 10.1 Å². The maximum Gasteiger partial charge on any atom is 0.252 e. The Labute approximate surface area is 192 Å². The number of nitrogens with one attached hydrogen (secondary N) is 1. The second-order valence-corrected chi connectivity index (χ2v) is 12.3. The van der Waals surface area contributed by atoms with E-state index in [-0.39, 0.29) is 16.7 Å². The van der Waals surface area contributed by atoms with E-state index in [2.05, 4.69) is 10.3 Å². The van der Waals surface area contributed by atoms with Crippen LogP contribution >= 0.6 is 34.3 Å². The number of ether oxygens (including phenoxy) is 1. The normalized spacial score (nSPS) is 18.7. The molecule has 1 fully saturated rings. The zero-order chi connectivity index (χ0) is 21.6. The van der Waals surface area contributed by atoms with Crippen molar-refractivity contribution in [2.75, 3.05) is 18.4 Å². The second-order valence-electron chi connectivity index (χ2n) is 7.33. The topological polar surface area (TPSA) is 88.6 Å². The van der Waals surface area contributed by atoms with Crippen LogP contribution in [0.2, 0.25) is 4.34 Å². The summed E-state index contributed by atoms with van der Waals surface area (Å²) in [5.41, 5.74) is 1.73. The number of thiophene rings is 1. The number of amides is 1. The summed E-state index contributed by atoms with van der Waals surface area (Å²) in [4.78, 5) is 18.5. The number of para-hydroxylation sites is 1. The van der Waals surface area contributed by atoms with Crippen LogP contribution in [0.5, 0.6) is 5.75 Å². The number of thiazole rings is 1. The Morgan fingerprint density at radius 3 is 2.87 bits per heavy atom.